The average Bonchev–Trinajstić information content (AvgIpc) is 3.07. The second kappa shape index (κ2) is 9.15. The molecule has 0 spiro atoms. The normalized spacial score (nSPS) is 10.9. The maximum absolute atomic E-state index is 12.9. The van der Waals surface area contributed by atoms with Gasteiger partial charge in [-0.2, -0.15) is 4.98 Å². The van der Waals surface area contributed by atoms with Gasteiger partial charge in [0.15, 0.2) is 5.82 Å². The summed E-state index contributed by atoms with van der Waals surface area (Å²) in [6.07, 6.45) is 2.06. The Morgan fingerprint density at radius 1 is 1.28 bits per heavy atom. The van der Waals surface area contributed by atoms with Crippen LogP contribution in [0.3, 0.4) is 0 Å². The number of benzene rings is 1. The third-order valence-electron chi connectivity index (χ3n) is 3.84. The van der Waals surface area contributed by atoms with Gasteiger partial charge in [-0.3, -0.25) is 0 Å². The minimum Gasteiger partial charge on any atom is -0.339 e. The molecule has 1 heterocycles. The third kappa shape index (κ3) is 6.17. The van der Waals surface area contributed by atoms with Crippen LogP contribution in [0.5, 0.6) is 0 Å². The molecule has 0 saturated carbocycles. The maximum atomic E-state index is 12.9. The van der Waals surface area contributed by atoms with Crippen molar-refractivity contribution in [3.8, 4) is 0 Å². The summed E-state index contributed by atoms with van der Waals surface area (Å²) >= 11 is 0. The largest absolute Gasteiger partial charge is 0.339 e. The maximum Gasteiger partial charge on any atom is 0.317 e. The zero-order valence-corrected chi connectivity index (χ0v) is 15.0. The molecule has 0 radical (unpaired) electrons. The van der Waals surface area contributed by atoms with Gasteiger partial charge in [0.1, 0.15) is 5.82 Å². The number of hydrogen-bond donors (Lipinski definition) is 1. The zero-order chi connectivity index (χ0) is 18.2. The first-order valence-electron chi connectivity index (χ1n) is 8.51. The molecule has 25 heavy (non-hydrogen) atoms. The van der Waals surface area contributed by atoms with Gasteiger partial charge in [0.25, 0.3) is 0 Å². The number of likely N-dealkylation sites (N-methyl/N-ethyl adjacent to an activating group) is 1. The standard InChI is InChI=1S/C18H25FN4O2/c1-13(2)17-21-16(25-22-17)5-4-11-20-18(24)23(3)12-10-14-6-8-15(19)9-7-14/h6-9,13H,4-5,10-12H2,1-3H3,(H,20,24). The number of carbonyl (C=O) groups excluding carboxylic acids is 1. The number of aromatic nitrogens is 2. The van der Waals surface area contributed by atoms with Crippen molar-refractivity contribution in [1.82, 2.24) is 20.4 Å². The number of aryl methyl sites for hydroxylation is 1. The van der Waals surface area contributed by atoms with Gasteiger partial charge < -0.3 is 14.7 Å². The van der Waals surface area contributed by atoms with Gasteiger partial charge in [-0.1, -0.05) is 31.1 Å². The number of nitrogens with one attached hydrogen (secondary N) is 1. The van der Waals surface area contributed by atoms with Crippen LogP contribution in [0.2, 0.25) is 0 Å². The van der Waals surface area contributed by atoms with Crippen molar-refractivity contribution in [3.63, 3.8) is 0 Å². The molecular formula is C18H25FN4O2. The average molecular weight is 348 g/mol. The van der Waals surface area contributed by atoms with E-state index in [2.05, 4.69) is 15.5 Å². The van der Waals surface area contributed by atoms with Gasteiger partial charge in [0.05, 0.1) is 0 Å². The van der Waals surface area contributed by atoms with Crippen LogP contribution in [0.25, 0.3) is 0 Å². The van der Waals surface area contributed by atoms with Crippen molar-refractivity contribution in [1.29, 1.82) is 0 Å². The molecule has 0 unspecified atom stereocenters. The lowest BCUT2D eigenvalue weighted by Gasteiger charge is -2.17. The quantitative estimate of drug-likeness (QED) is 0.744. The molecule has 0 fully saturated rings. The first kappa shape index (κ1) is 18.9. The summed E-state index contributed by atoms with van der Waals surface area (Å²) in [6.45, 7) is 5.13. The monoisotopic (exact) mass is 348 g/mol. The van der Waals surface area contributed by atoms with E-state index in [0.29, 0.717) is 37.6 Å². The highest BCUT2D eigenvalue weighted by atomic mass is 19.1. The van der Waals surface area contributed by atoms with E-state index in [4.69, 9.17) is 4.52 Å². The molecule has 6 nitrogen and oxygen atoms in total. The van der Waals surface area contributed by atoms with E-state index < -0.39 is 0 Å². The molecule has 1 aromatic carbocycles. The number of carbonyl (C=O) groups is 1. The Bertz CT molecular complexity index is 670. The van der Waals surface area contributed by atoms with E-state index in [9.17, 15) is 9.18 Å². The number of rotatable bonds is 8. The van der Waals surface area contributed by atoms with Crippen LogP contribution in [0, 0.1) is 5.82 Å². The smallest absolute Gasteiger partial charge is 0.317 e. The Balaban J connectivity index is 1.64. The lowest BCUT2D eigenvalue weighted by molar-refractivity contribution is 0.209. The molecule has 0 bridgehead atoms. The molecule has 0 aliphatic carbocycles. The van der Waals surface area contributed by atoms with Crippen LogP contribution in [0.4, 0.5) is 9.18 Å². The second-order valence-corrected chi connectivity index (χ2v) is 6.33. The van der Waals surface area contributed by atoms with E-state index in [1.807, 2.05) is 13.8 Å². The summed E-state index contributed by atoms with van der Waals surface area (Å²) in [5.41, 5.74) is 0.999. The molecule has 0 saturated heterocycles. The predicted molar refractivity (Wildman–Crippen MR) is 92.8 cm³/mol. The molecule has 7 heteroatoms. The van der Waals surface area contributed by atoms with Crippen molar-refractivity contribution in [2.45, 2.75) is 39.0 Å². The zero-order valence-electron chi connectivity index (χ0n) is 15.0. The Morgan fingerprint density at radius 3 is 2.64 bits per heavy atom. The number of halogens is 1. The van der Waals surface area contributed by atoms with E-state index in [-0.39, 0.29) is 17.8 Å². The molecule has 1 aromatic heterocycles. The molecular weight excluding hydrogens is 323 g/mol. The minimum absolute atomic E-state index is 0.129. The highest BCUT2D eigenvalue weighted by Crippen LogP contribution is 2.10. The number of nitrogens with zero attached hydrogens (tertiary/aromatic N) is 3. The molecule has 2 amide bonds. The Morgan fingerprint density at radius 2 is 2.00 bits per heavy atom. The van der Waals surface area contributed by atoms with Crippen molar-refractivity contribution in [2.75, 3.05) is 20.1 Å². The van der Waals surface area contributed by atoms with Gasteiger partial charge in [0.2, 0.25) is 5.89 Å². The Kier molecular flexibility index (Phi) is 6.91. The van der Waals surface area contributed by atoms with Crippen molar-refractivity contribution in [3.05, 3.63) is 47.4 Å². The molecule has 0 aliphatic heterocycles. The van der Waals surface area contributed by atoms with E-state index in [0.717, 1.165) is 12.0 Å². The second-order valence-electron chi connectivity index (χ2n) is 6.33. The lowest BCUT2D eigenvalue weighted by Crippen LogP contribution is -2.38. The molecule has 2 rings (SSSR count). The van der Waals surface area contributed by atoms with Crippen LogP contribution >= 0.6 is 0 Å². The van der Waals surface area contributed by atoms with E-state index >= 15 is 0 Å². The number of amides is 2. The first-order valence-corrected chi connectivity index (χ1v) is 8.51. The van der Waals surface area contributed by atoms with Crippen molar-refractivity contribution < 1.29 is 13.7 Å². The molecule has 1 N–H and O–H groups in total. The Labute approximate surface area is 147 Å². The fraction of sp³-hybridized carbons (Fsp3) is 0.500. The van der Waals surface area contributed by atoms with Crippen LogP contribution < -0.4 is 5.32 Å². The highest BCUT2D eigenvalue weighted by Gasteiger charge is 2.10. The summed E-state index contributed by atoms with van der Waals surface area (Å²) in [4.78, 5) is 17.9. The minimum atomic E-state index is -0.253. The SMILES string of the molecule is CC(C)c1noc(CCCNC(=O)N(C)CCc2ccc(F)cc2)n1. The summed E-state index contributed by atoms with van der Waals surface area (Å²) in [6, 6.07) is 6.19. The van der Waals surface area contributed by atoms with Gasteiger partial charge in [0, 0.05) is 32.5 Å². The van der Waals surface area contributed by atoms with E-state index in [1.165, 1.54) is 12.1 Å². The summed E-state index contributed by atoms with van der Waals surface area (Å²) in [5.74, 6) is 1.30. The van der Waals surface area contributed by atoms with Gasteiger partial charge in [-0.05, 0) is 30.5 Å². The van der Waals surface area contributed by atoms with Crippen LogP contribution in [0.1, 0.15) is 43.5 Å². The van der Waals surface area contributed by atoms with Gasteiger partial charge in [-0.25, -0.2) is 9.18 Å². The lowest BCUT2D eigenvalue weighted by atomic mass is 10.1. The van der Waals surface area contributed by atoms with Crippen LogP contribution in [0.15, 0.2) is 28.8 Å². The summed E-state index contributed by atoms with van der Waals surface area (Å²) in [5, 5.41) is 6.78. The molecule has 136 valence electrons. The topological polar surface area (TPSA) is 71.3 Å². The van der Waals surface area contributed by atoms with Crippen LogP contribution in [-0.2, 0) is 12.8 Å². The molecule has 0 atom stereocenters. The highest BCUT2D eigenvalue weighted by molar-refractivity contribution is 5.73. The predicted octanol–water partition coefficient (Wildman–Crippen LogP) is 3.15. The summed E-state index contributed by atoms with van der Waals surface area (Å²) < 4.78 is 18.0. The van der Waals surface area contributed by atoms with Gasteiger partial charge >= 0.3 is 6.03 Å². The molecule has 2 aromatic rings. The molecule has 0 aliphatic rings. The first-order chi connectivity index (χ1) is 12.0. The van der Waals surface area contributed by atoms with Crippen LogP contribution in [-0.4, -0.2) is 41.2 Å². The third-order valence-corrected chi connectivity index (χ3v) is 3.84. The van der Waals surface area contributed by atoms with Crippen molar-refractivity contribution in [2.24, 2.45) is 0 Å². The van der Waals surface area contributed by atoms with E-state index in [1.54, 1.807) is 24.1 Å². The van der Waals surface area contributed by atoms with Gasteiger partial charge in [-0.15, -0.1) is 0 Å². The Hall–Kier alpha value is -2.44. The fourth-order valence-corrected chi connectivity index (χ4v) is 2.22. The van der Waals surface area contributed by atoms with Crippen molar-refractivity contribution >= 4 is 6.03 Å². The summed E-state index contributed by atoms with van der Waals surface area (Å²) in [7, 11) is 1.74. The number of urea groups is 1. The number of hydrogen-bond acceptors (Lipinski definition) is 4. The fourth-order valence-electron chi connectivity index (χ4n) is 2.22.